The van der Waals surface area contributed by atoms with E-state index in [9.17, 15) is 9.18 Å². The van der Waals surface area contributed by atoms with Gasteiger partial charge in [0.1, 0.15) is 5.82 Å². The molecule has 1 unspecified atom stereocenters. The zero-order valence-corrected chi connectivity index (χ0v) is 15.2. The van der Waals surface area contributed by atoms with Gasteiger partial charge in [0.25, 0.3) is 0 Å². The van der Waals surface area contributed by atoms with E-state index in [-0.39, 0.29) is 11.9 Å². The summed E-state index contributed by atoms with van der Waals surface area (Å²) in [7, 11) is 0. The van der Waals surface area contributed by atoms with Crippen molar-refractivity contribution >= 4 is 29.0 Å². The van der Waals surface area contributed by atoms with Crippen molar-refractivity contribution in [2.24, 2.45) is 0 Å². The number of urea groups is 1. The Kier molecular flexibility index (Phi) is 5.96. The van der Waals surface area contributed by atoms with Crippen molar-refractivity contribution in [1.82, 2.24) is 5.32 Å². The van der Waals surface area contributed by atoms with Gasteiger partial charge in [0, 0.05) is 23.8 Å². The maximum Gasteiger partial charge on any atom is 0.319 e. The SMILES string of the molecule is CC(NC(=O)Nc1ccc(N2CCOCC2)c(F)c1)c1ccc(Cl)cc1. The number of rotatable bonds is 4. The van der Waals surface area contributed by atoms with Crippen LogP contribution in [0.1, 0.15) is 18.5 Å². The topological polar surface area (TPSA) is 53.6 Å². The Labute approximate surface area is 157 Å². The van der Waals surface area contributed by atoms with Gasteiger partial charge in [0.15, 0.2) is 0 Å². The van der Waals surface area contributed by atoms with Crippen LogP contribution in [0.3, 0.4) is 0 Å². The molecule has 3 rings (SSSR count). The van der Waals surface area contributed by atoms with Crippen LogP contribution < -0.4 is 15.5 Å². The van der Waals surface area contributed by atoms with E-state index >= 15 is 0 Å². The smallest absolute Gasteiger partial charge is 0.319 e. The predicted molar refractivity (Wildman–Crippen MR) is 101 cm³/mol. The molecule has 1 fully saturated rings. The van der Waals surface area contributed by atoms with Crippen molar-refractivity contribution in [3.63, 3.8) is 0 Å². The van der Waals surface area contributed by atoms with Crippen molar-refractivity contribution in [1.29, 1.82) is 0 Å². The van der Waals surface area contributed by atoms with Crippen LogP contribution in [0.15, 0.2) is 42.5 Å². The first kappa shape index (κ1) is 18.5. The second kappa shape index (κ2) is 8.38. The van der Waals surface area contributed by atoms with E-state index in [2.05, 4.69) is 10.6 Å². The van der Waals surface area contributed by atoms with Gasteiger partial charge >= 0.3 is 6.03 Å². The van der Waals surface area contributed by atoms with Crippen LogP contribution in [0.2, 0.25) is 5.02 Å². The fraction of sp³-hybridized carbons (Fsp3) is 0.316. The minimum Gasteiger partial charge on any atom is -0.378 e. The largest absolute Gasteiger partial charge is 0.378 e. The molecule has 5 nitrogen and oxygen atoms in total. The molecular weight excluding hydrogens is 357 g/mol. The number of nitrogens with zero attached hydrogens (tertiary/aromatic N) is 1. The van der Waals surface area contributed by atoms with E-state index in [1.807, 2.05) is 24.0 Å². The first-order chi connectivity index (χ1) is 12.5. The third-order valence-electron chi connectivity index (χ3n) is 4.27. The van der Waals surface area contributed by atoms with Gasteiger partial charge < -0.3 is 20.3 Å². The number of carbonyl (C=O) groups excluding carboxylic acids is 1. The number of ether oxygens (including phenoxy) is 1. The van der Waals surface area contributed by atoms with Gasteiger partial charge in [-0.1, -0.05) is 23.7 Å². The summed E-state index contributed by atoms with van der Waals surface area (Å²) in [4.78, 5) is 14.1. The van der Waals surface area contributed by atoms with Gasteiger partial charge in [-0.15, -0.1) is 0 Å². The lowest BCUT2D eigenvalue weighted by Gasteiger charge is -2.29. The predicted octanol–water partition coefficient (Wildman–Crippen LogP) is 4.20. The van der Waals surface area contributed by atoms with Crippen molar-refractivity contribution in [3.05, 3.63) is 58.9 Å². The third kappa shape index (κ3) is 4.65. The fourth-order valence-corrected chi connectivity index (χ4v) is 2.97. The molecule has 0 spiro atoms. The molecule has 26 heavy (non-hydrogen) atoms. The zero-order chi connectivity index (χ0) is 18.5. The summed E-state index contributed by atoms with van der Waals surface area (Å²) >= 11 is 5.87. The minimum atomic E-state index is -0.397. The molecule has 1 saturated heterocycles. The number of amides is 2. The maximum absolute atomic E-state index is 14.4. The average Bonchev–Trinajstić information content (AvgIpc) is 2.63. The van der Waals surface area contributed by atoms with E-state index < -0.39 is 6.03 Å². The van der Waals surface area contributed by atoms with Gasteiger partial charge in [0.2, 0.25) is 0 Å². The lowest BCUT2D eigenvalue weighted by Crippen LogP contribution is -2.36. The molecular formula is C19H21ClFN3O2. The van der Waals surface area contributed by atoms with Crippen LogP contribution in [-0.4, -0.2) is 32.3 Å². The Balaban J connectivity index is 1.60. The number of carbonyl (C=O) groups is 1. The number of hydrogen-bond acceptors (Lipinski definition) is 3. The van der Waals surface area contributed by atoms with Crippen LogP contribution >= 0.6 is 11.6 Å². The first-order valence-electron chi connectivity index (χ1n) is 8.48. The van der Waals surface area contributed by atoms with E-state index in [4.69, 9.17) is 16.3 Å². The molecule has 2 amide bonds. The molecule has 0 bridgehead atoms. The third-order valence-corrected chi connectivity index (χ3v) is 4.53. The number of hydrogen-bond donors (Lipinski definition) is 2. The molecule has 2 aromatic rings. The summed E-state index contributed by atoms with van der Waals surface area (Å²) < 4.78 is 19.7. The quantitative estimate of drug-likeness (QED) is 0.839. The van der Waals surface area contributed by atoms with Crippen LogP contribution in [0.25, 0.3) is 0 Å². The lowest BCUT2D eigenvalue weighted by atomic mass is 10.1. The van der Waals surface area contributed by atoms with Crippen LogP contribution in [-0.2, 0) is 4.74 Å². The van der Waals surface area contributed by atoms with Crippen LogP contribution in [0, 0.1) is 5.82 Å². The summed E-state index contributed by atoms with van der Waals surface area (Å²) in [6.45, 7) is 4.35. The minimum absolute atomic E-state index is 0.204. The number of anilines is 2. The highest BCUT2D eigenvalue weighted by Gasteiger charge is 2.16. The molecule has 0 radical (unpaired) electrons. The Morgan fingerprint density at radius 2 is 1.88 bits per heavy atom. The Morgan fingerprint density at radius 1 is 1.19 bits per heavy atom. The number of benzene rings is 2. The average molecular weight is 378 g/mol. The molecule has 7 heteroatoms. The van der Waals surface area contributed by atoms with Crippen LogP contribution in [0.5, 0.6) is 0 Å². The molecule has 0 saturated carbocycles. The molecule has 1 aliphatic heterocycles. The maximum atomic E-state index is 14.4. The van der Waals surface area contributed by atoms with E-state index in [0.717, 1.165) is 5.56 Å². The monoisotopic (exact) mass is 377 g/mol. The van der Waals surface area contributed by atoms with Crippen molar-refractivity contribution in [3.8, 4) is 0 Å². The summed E-state index contributed by atoms with van der Waals surface area (Å²) in [6, 6.07) is 11.3. The van der Waals surface area contributed by atoms with E-state index in [1.54, 1.807) is 24.3 Å². The fourth-order valence-electron chi connectivity index (χ4n) is 2.84. The lowest BCUT2D eigenvalue weighted by molar-refractivity contribution is 0.122. The molecule has 2 aromatic carbocycles. The Morgan fingerprint density at radius 3 is 2.54 bits per heavy atom. The van der Waals surface area contributed by atoms with Gasteiger partial charge in [-0.05, 0) is 42.8 Å². The zero-order valence-electron chi connectivity index (χ0n) is 14.5. The summed E-state index contributed by atoms with van der Waals surface area (Å²) in [5, 5.41) is 6.12. The highest BCUT2D eigenvalue weighted by Crippen LogP contribution is 2.24. The number of nitrogens with one attached hydrogen (secondary N) is 2. The molecule has 1 heterocycles. The Hall–Kier alpha value is -2.31. The molecule has 0 aliphatic carbocycles. The van der Waals surface area contributed by atoms with E-state index in [0.29, 0.717) is 42.7 Å². The number of morpholine rings is 1. The van der Waals surface area contributed by atoms with Gasteiger partial charge in [-0.25, -0.2) is 9.18 Å². The highest BCUT2D eigenvalue weighted by molar-refractivity contribution is 6.30. The molecule has 1 aliphatic rings. The van der Waals surface area contributed by atoms with Gasteiger partial charge in [-0.2, -0.15) is 0 Å². The summed E-state index contributed by atoms with van der Waals surface area (Å²) in [5.74, 6) is -0.365. The van der Waals surface area contributed by atoms with Gasteiger partial charge in [-0.3, -0.25) is 0 Å². The highest BCUT2D eigenvalue weighted by atomic mass is 35.5. The summed E-state index contributed by atoms with van der Waals surface area (Å²) in [5.41, 5.74) is 1.85. The Bertz CT molecular complexity index is 764. The molecule has 1 atom stereocenters. The normalized spacial score (nSPS) is 15.4. The van der Waals surface area contributed by atoms with Crippen molar-refractivity contribution in [2.75, 3.05) is 36.5 Å². The van der Waals surface area contributed by atoms with Crippen molar-refractivity contribution in [2.45, 2.75) is 13.0 Å². The van der Waals surface area contributed by atoms with E-state index in [1.165, 1.54) is 6.07 Å². The second-order valence-electron chi connectivity index (χ2n) is 6.14. The first-order valence-corrected chi connectivity index (χ1v) is 8.86. The van der Waals surface area contributed by atoms with Crippen LogP contribution in [0.4, 0.5) is 20.6 Å². The molecule has 138 valence electrons. The number of halogens is 2. The standard InChI is InChI=1S/C19H21ClFN3O2/c1-13(14-2-4-15(20)5-3-14)22-19(25)23-16-6-7-18(17(21)12-16)24-8-10-26-11-9-24/h2-7,12-13H,8-11H2,1H3,(H2,22,23,25). The summed E-state index contributed by atoms with van der Waals surface area (Å²) in [6.07, 6.45) is 0. The second-order valence-corrected chi connectivity index (χ2v) is 6.57. The molecule has 2 N–H and O–H groups in total. The van der Waals surface area contributed by atoms with Crippen molar-refractivity contribution < 1.29 is 13.9 Å². The molecule has 0 aromatic heterocycles. The van der Waals surface area contributed by atoms with Gasteiger partial charge in [0.05, 0.1) is 24.9 Å².